The predicted octanol–water partition coefficient (Wildman–Crippen LogP) is 5.83. The Kier molecular flexibility index (Phi) is 3.99. The van der Waals surface area contributed by atoms with Gasteiger partial charge in [-0.3, -0.25) is 0 Å². The maximum Gasteiger partial charge on any atom is 0.123 e. The Morgan fingerprint density at radius 2 is 1.88 bits per heavy atom. The van der Waals surface area contributed by atoms with E-state index in [1.807, 2.05) is 6.92 Å². The van der Waals surface area contributed by atoms with E-state index in [4.69, 9.17) is 34.8 Å². The normalized spacial score (nSPS) is 12.8. The van der Waals surface area contributed by atoms with Crippen LogP contribution in [0.25, 0.3) is 0 Å². The van der Waals surface area contributed by atoms with Crippen LogP contribution >= 0.6 is 46.1 Å². The monoisotopic (exact) mass is 308 g/mol. The molecule has 0 bridgehead atoms. The van der Waals surface area contributed by atoms with Crippen LogP contribution in [-0.4, -0.2) is 0 Å². The fraction of sp³-hybridized carbons (Fsp3) is 0.167. The average molecular weight is 310 g/mol. The Labute approximate surface area is 118 Å². The molecule has 0 fully saturated rings. The molecule has 1 unspecified atom stereocenters. The highest BCUT2D eigenvalue weighted by Gasteiger charge is 2.18. The molecule has 0 aliphatic carbocycles. The van der Waals surface area contributed by atoms with Gasteiger partial charge in [-0.15, -0.1) is 22.9 Å². The Morgan fingerprint density at radius 3 is 2.41 bits per heavy atom. The van der Waals surface area contributed by atoms with Crippen LogP contribution in [0.1, 0.15) is 22.1 Å². The van der Waals surface area contributed by atoms with E-state index in [1.54, 1.807) is 12.1 Å². The second-order valence-electron chi connectivity index (χ2n) is 3.64. The molecular formula is C12H8Cl3FS. The van der Waals surface area contributed by atoms with Gasteiger partial charge in [-0.05, 0) is 36.2 Å². The summed E-state index contributed by atoms with van der Waals surface area (Å²) < 4.78 is 14.2. The lowest BCUT2D eigenvalue weighted by molar-refractivity contribution is 0.625. The molecule has 0 aliphatic heterocycles. The van der Waals surface area contributed by atoms with Crippen molar-refractivity contribution in [2.24, 2.45) is 0 Å². The van der Waals surface area contributed by atoms with Crippen molar-refractivity contribution in [3.8, 4) is 0 Å². The van der Waals surface area contributed by atoms with Gasteiger partial charge in [0.25, 0.3) is 0 Å². The van der Waals surface area contributed by atoms with Gasteiger partial charge < -0.3 is 0 Å². The predicted molar refractivity (Wildman–Crippen MR) is 73.2 cm³/mol. The molecule has 90 valence electrons. The van der Waals surface area contributed by atoms with Crippen molar-refractivity contribution >= 4 is 46.1 Å². The maximum absolute atomic E-state index is 13.0. The molecule has 1 aromatic carbocycles. The standard InChI is InChI=1S/C12H8Cl3FS/c1-6-4-7(16)2-3-8(6)11(14)9-5-10(13)17-12(9)15/h2-5,11H,1H3. The third-order valence-corrected chi connectivity index (χ3v) is 4.45. The highest BCUT2D eigenvalue weighted by atomic mass is 35.5. The summed E-state index contributed by atoms with van der Waals surface area (Å²) in [6, 6.07) is 6.26. The van der Waals surface area contributed by atoms with Crippen LogP contribution in [0.3, 0.4) is 0 Å². The van der Waals surface area contributed by atoms with E-state index in [0.29, 0.717) is 8.67 Å². The van der Waals surface area contributed by atoms with E-state index in [0.717, 1.165) is 16.7 Å². The van der Waals surface area contributed by atoms with Gasteiger partial charge in [0.1, 0.15) is 5.82 Å². The molecule has 0 amide bonds. The Morgan fingerprint density at radius 1 is 1.18 bits per heavy atom. The fourth-order valence-electron chi connectivity index (χ4n) is 1.62. The first-order valence-corrected chi connectivity index (χ1v) is 6.85. The quantitative estimate of drug-likeness (QED) is 0.612. The highest BCUT2D eigenvalue weighted by Crippen LogP contribution is 2.41. The topological polar surface area (TPSA) is 0 Å². The number of aryl methyl sites for hydroxylation is 1. The Balaban J connectivity index is 2.43. The van der Waals surface area contributed by atoms with Gasteiger partial charge in [-0.2, -0.15) is 0 Å². The lowest BCUT2D eigenvalue weighted by atomic mass is 10.0. The number of alkyl halides is 1. The second kappa shape index (κ2) is 5.15. The molecule has 1 atom stereocenters. The summed E-state index contributed by atoms with van der Waals surface area (Å²) in [6.45, 7) is 1.82. The summed E-state index contributed by atoms with van der Waals surface area (Å²) in [5.41, 5.74) is 2.39. The molecule has 0 nitrogen and oxygen atoms in total. The summed E-state index contributed by atoms with van der Waals surface area (Å²) in [4.78, 5) is 0. The summed E-state index contributed by atoms with van der Waals surface area (Å²) in [5.74, 6) is -0.274. The third-order valence-electron chi connectivity index (χ3n) is 2.46. The molecule has 0 radical (unpaired) electrons. The molecule has 1 heterocycles. The molecule has 5 heteroatoms. The highest BCUT2D eigenvalue weighted by molar-refractivity contribution is 7.20. The van der Waals surface area contributed by atoms with E-state index >= 15 is 0 Å². The third kappa shape index (κ3) is 2.76. The molecular weight excluding hydrogens is 302 g/mol. The zero-order chi connectivity index (χ0) is 12.6. The zero-order valence-electron chi connectivity index (χ0n) is 8.81. The molecule has 0 spiro atoms. The van der Waals surface area contributed by atoms with E-state index in [2.05, 4.69) is 0 Å². The lowest BCUT2D eigenvalue weighted by Crippen LogP contribution is -1.96. The van der Waals surface area contributed by atoms with Crippen molar-refractivity contribution < 1.29 is 4.39 Å². The smallest absolute Gasteiger partial charge is 0.123 e. The first-order chi connectivity index (χ1) is 7.99. The maximum atomic E-state index is 13.0. The number of halogens is 4. The molecule has 0 aliphatic rings. The molecule has 1 aromatic heterocycles. The SMILES string of the molecule is Cc1cc(F)ccc1C(Cl)c1cc(Cl)sc1Cl. The number of hydrogen-bond acceptors (Lipinski definition) is 1. The van der Waals surface area contributed by atoms with Crippen LogP contribution in [0.5, 0.6) is 0 Å². The van der Waals surface area contributed by atoms with Crippen LogP contribution in [0.4, 0.5) is 4.39 Å². The van der Waals surface area contributed by atoms with E-state index in [-0.39, 0.29) is 5.82 Å². The van der Waals surface area contributed by atoms with Gasteiger partial charge in [-0.25, -0.2) is 4.39 Å². The van der Waals surface area contributed by atoms with Crippen LogP contribution in [0.2, 0.25) is 8.67 Å². The second-order valence-corrected chi connectivity index (χ2v) is 6.37. The molecule has 0 N–H and O–H groups in total. The number of rotatable bonds is 2. The van der Waals surface area contributed by atoms with Crippen LogP contribution in [-0.2, 0) is 0 Å². The molecule has 17 heavy (non-hydrogen) atoms. The summed E-state index contributed by atoms with van der Waals surface area (Å²) in [7, 11) is 0. The van der Waals surface area contributed by atoms with Crippen molar-refractivity contribution in [3.63, 3.8) is 0 Å². The van der Waals surface area contributed by atoms with Crippen molar-refractivity contribution in [3.05, 3.63) is 55.4 Å². The van der Waals surface area contributed by atoms with Gasteiger partial charge in [0.2, 0.25) is 0 Å². The average Bonchev–Trinajstić information content (AvgIpc) is 2.57. The largest absolute Gasteiger partial charge is 0.207 e. The molecule has 0 saturated carbocycles. The molecule has 0 saturated heterocycles. The minimum atomic E-state index is -0.410. The van der Waals surface area contributed by atoms with Gasteiger partial charge in [0.05, 0.1) is 14.0 Å². The van der Waals surface area contributed by atoms with Gasteiger partial charge in [0, 0.05) is 5.56 Å². The van der Waals surface area contributed by atoms with Gasteiger partial charge in [-0.1, -0.05) is 29.3 Å². The van der Waals surface area contributed by atoms with Gasteiger partial charge >= 0.3 is 0 Å². The summed E-state index contributed by atoms with van der Waals surface area (Å²) in [5, 5.41) is -0.410. The minimum absolute atomic E-state index is 0.274. The molecule has 2 rings (SSSR count). The Bertz CT molecular complexity index is 551. The van der Waals surface area contributed by atoms with E-state index in [9.17, 15) is 4.39 Å². The summed E-state index contributed by atoms with van der Waals surface area (Å²) >= 11 is 19.5. The van der Waals surface area contributed by atoms with E-state index < -0.39 is 5.38 Å². The first kappa shape index (κ1) is 13.2. The van der Waals surface area contributed by atoms with Crippen molar-refractivity contribution in [2.45, 2.75) is 12.3 Å². The van der Waals surface area contributed by atoms with Crippen molar-refractivity contribution in [1.29, 1.82) is 0 Å². The number of hydrogen-bond donors (Lipinski definition) is 0. The van der Waals surface area contributed by atoms with Crippen LogP contribution in [0, 0.1) is 12.7 Å². The number of benzene rings is 1. The van der Waals surface area contributed by atoms with Crippen molar-refractivity contribution in [2.75, 3.05) is 0 Å². The van der Waals surface area contributed by atoms with E-state index in [1.165, 1.54) is 23.5 Å². The first-order valence-electron chi connectivity index (χ1n) is 4.84. The van der Waals surface area contributed by atoms with Crippen LogP contribution in [0.15, 0.2) is 24.3 Å². The Hall–Kier alpha value is -0.280. The zero-order valence-corrected chi connectivity index (χ0v) is 11.9. The van der Waals surface area contributed by atoms with Crippen LogP contribution < -0.4 is 0 Å². The number of thiophene rings is 1. The lowest BCUT2D eigenvalue weighted by Gasteiger charge is -2.12. The molecule has 2 aromatic rings. The van der Waals surface area contributed by atoms with Gasteiger partial charge in [0.15, 0.2) is 0 Å². The minimum Gasteiger partial charge on any atom is -0.207 e. The fourth-order valence-corrected chi connectivity index (χ4v) is 3.69. The summed E-state index contributed by atoms with van der Waals surface area (Å²) in [6.07, 6.45) is 0. The van der Waals surface area contributed by atoms with Crippen molar-refractivity contribution in [1.82, 2.24) is 0 Å².